The van der Waals surface area contributed by atoms with Gasteiger partial charge in [0.05, 0.1) is 13.7 Å². The van der Waals surface area contributed by atoms with E-state index in [1.807, 2.05) is 69.3 Å². The zero-order chi connectivity index (χ0) is 23.5. The summed E-state index contributed by atoms with van der Waals surface area (Å²) in [5.41, 5.74) is 2.09. The number of hydrogen-bond donors (Lipinski definition) is 1. The first-order valence-corrected chi connectivity index (χ1v) is 11.3. The molecule has 0 aliphatic heterocycles. The van der Waals surface area contributed by atoms with Crippen molar-refractivity contribution in [1.82, 2.24) is 10.2 Å². The Hall–Kier alpha value is -3.02. The van der Waals surface area contributed by atoms with E-state index >= 15 is 0 Å². The maximum absolute atomic E-state index is 13.1. The number of nitrogens with zero attached hydrogens (tertiary/aromatic N) is 1. The molecular weight excluding hydrogens is 404 g/mol. The Morgan fingerprint density at radius 2 is 1.78 bits per heavy atom. The molecule has 32 heavy (non-hydrogen) atoms. The van der Waals surface area contributed by atoms with Gasteiger partial charge >= 0.3 is 0 Å². The van der Waals surface area contributed by atoms with E-state index in [2.05, 4.69) is 5.32 Å². The van der Waals surface area contributed by atoms with Crippen LogP contribution >= 0.6 is 0 Å². The quantitative estimate of drug-likeness (QED) is 0.494. The van der Waals surface area contributed by atoms with Crippen LogP contribution in [0.3, 0.4) is 0 Å². The minimum Gasteiger partial charge on any atom is -0.497 e. The third-order valence-corrected chi connectivity index (χ3v) is 5.48. The van der Waals surface area contributed by atoms with Gasteiger partial charge in [-0.15, -0.1) is 0 Å². The van der Waals surface area contributed by atoms with Gasteiger partial charge in [0.1, 0.15) is 17.5 Å². The molecule has 2 rings (SSSR count). The predicted octanol–water partition coefficient (Wildman–Crippen LogP) is 4.49. The van der Waals surface area contributed by atoms with Crippen LogP contribution in [0.5, 0.6) is 11.5 Å². The van der Waals surface area contributed by atoms with Crippen molar-refractivity contribution in [3.63, 3.8) is 0 Å². The van der Waals surface area contributed by atoms with Gasteiger partial charge in [-0.2, -0.15) is 0 Å². The second-order valence-corrected chi connectivity index (χ2v) is 8.13. The van der Waals surface area contributed by atoms with Gasteiger partial charge in [0.2, 0.25) is 11.8 Å². The predicted molar refractivity (Wildman–Crippen MR) is 127 cm³/mol. The van der Waals surface area contributed by atoms with Crippen LogP contribution < -0.4 is 14.8 Å². The minimum atomic E-state index is -0.583. The lowest BCUT2D eigenvalue weighted by Gasteiger charge is -2.30. The molecule has 0 radical (unpaired) electrons. The highest BCUT2D eigenvalue weighted by molar-refractivity contribution is 5.87. The lowest BCUT2D eigenvalue weighted by Crippen LogP contribution is -2.49. The molecule has 0 aromatic heterocycles. The number of benzene rings is 2. The minimum absolute atomic E-state index is 0.0571. The Bertz CT molecular complexity index is 866. The van der Waals surface area contributed by atoms with Crippen molar-refractivity contribution >= 4 is 11.8 Å². The second-order valence-electron chi connectivity index (χ2n) is 8.13. The Labute approximate surface area is 191 Å². The highest BCUT2D eigenvalue weighted by Crippen LogP contribution is 2.18. The van der Waals surface area contributed by atoms with Crippen LogP contribution in [0.4, 0.5) is 0 Å². The molecule has 0 bridgehead atoms. The molecule has 0 aliphatic rings. The third-order valence-electron chi connectivity index (χ3n) is 5.48. The number of aryl methyl sites for hydroxylation is 1. The van der Waals surface area contributed by atoms with Gasteiger partial charge in [0, 0.05) is 19.0 Å². The fraction of sp³-hybridized carbons (Fsp3) is 0.462. The molecule has 6 heteroatoms. The standard InChI is InChI=1S/C26H36N2O4/c1-6-20(3)27-26(30)21(4)28(18-22-9-7-10-24(17-22)31-5)25(29)11-8-16-32-23-14-12-19(2)13-15-23/h7,9-10,12-15,17,20-21H,6,8,11,16,18H2,1-5H3,(H,27,30)/t20-,21-/m1/s1. The maximum atomic E-state index is 13.1. The molecule has 1 N–H and O–H groups in total. The SMILES string of the molecule is CC[C@@H](C)NC(=O)[C@@H](C)N(Cc1cccc(OC)c1)C(=O)CCCOc1ccc(C)cc1. The fourth-order valence-corrected chi connectivity index (χ4v) is 3.21. The number of methoxy groups -OCH3 is 1. The number of carbonyl (C=O) groups is 2. The van der Waals surface area contributed by atoms with Crippen LogP contribution in [-0.2, 0) is 16.1 Å². The zero-order valence-electron chi connectivity index (χ0n) is 19.9. The summed E-state index contributed by atoms with van der Waals surface area (Å²) in [4.78, 5) is 27.5. The van der Waals surface area contributed by atoms with Crippen molar-refractivity contribution in [1.29, 1.82) is 0 Å². The molecule has 2 aromatic rings. The van der Waals surface area contributed by atoms with Gasteiger partial charge in [0.25, 0.3) is 0 Å². The van der Waals surface area contributed by atoms with E-state index in [-0.39, 0.29) is 17.9 Å². The van der Waals surface area contributed by atoms with Gasteiger partial charge in [-0.1, -0.05) is 36.8 Å². The van der Waals surface area contributed by atoms with E-state index in [0.29, 0.717) is 26.0 Å². The van der Waals surface area contributed by atoms with E-state index in [0.717, 1.165) is 23.5 Å². The van der Waals surface area contributed by atoms with Crippen molar-refractivity contribution in [2.75, 3.05) is 13.7 Å². The Balaban J connectivity index is 2.03. The monoisotopic (exact) mass is 440 g/mol. The molecule has 0 heterocycles. The number of nitrogens with one attached hydrogen (secondary N) is 1. The molecule has 6 nitrogen and oxygen atoms in total. The smallest absolute Gasteiger partial charge is 0.242 e. The topological polar surface area (TPSA) is 67.9 Å². The van der Waals surface area contributed by atoms with E-state index in [4.69, 9.17) is 9.47 Å². The van der Waals surface area contributed by atoms with Crippen LogP contribution in [0.2, 0.25) is 0 Å². The van der Waals surface area contributed by atoms with Crippen molar-refractivity contribution in [3.05, 3.63) is 59.7 Å². The van der Waals surface area contributed by atoms with E-state index in [9.17, 15) is 9.59 Å². The molecule has 2 atom stereocenters. The van der Waals surface area contributed by atoms with Crippen LogP contribution in [0.25, 0.3) is 0 Å². The average Bonchev–Trinajstić information content (AvgIpc) is 2.80. The summed E-state index contributed by atoms with van der Waals surface area (Å²) >= 11 is 0. The molecule has 2 amide bonds. The number of ether oxygens (including phenoxy) is 2. The van der Waals surface area contributed by atoms with Crippen molar-refractivity contribution in [3.8, 4) is 11.5 Å². The maximum Gasteiger partial charge on any atom is 0.242 e. The summed E-state index contributed by atoms with van der Waals surface area (Å²) in [5, 5.41) is 2.98. The lowest BCUT2D eigenvalue weighted by atomic mass is 10.1. The summed E-state index contributed by atoms with van der Waals surface area (Å²) in [7, 11) is 1.61. The van der Waals surface area contributed by atoms with E-state index in [1.54, 1.807) is 18.9 Å². The number of hydrogen-bond acceptors (Lipinski definition) is 4. The summed E-state index contributed by atoms with van der Waals surface area (Å²) in [6.45, 7) is 8.56. The molecule has 0 saturated carbocycles. The largest absolute Gasteiger partial charge is 0.497 e. The molecule has 2 aromatic carbocycles. The third kappa shape index (κ3) is 7.91. The van der Waals surface area contributed by atoms with Gasteiger partial charge in [0.15, 0.2) is 0 Å². The van der Waals surface area contributed by atoms with Gasteiger partial charge in [-0.05, 0) is 63.4 Å². The summed E-state index contributed by atoms with van der Waals surface area (Å²) in [6.07, 6.45) is 1.70. The van der Waals surface area contributed by atoms with Crippen molar-refractivity contribution in [2.24, 2.45) is 0 Å². The number of amides is 2. The Morgan fingerprint density at radius 3 is 2.44 bits per heavy atom. The Morgan fingerprint density at radius 1 is 1.06 bits per heavy atom. The molecule has 0 aliphatic carbocycles. The van der Waals surface area contributed by atoms with Crippen molar-refractivity contribution in [2.45, 2.75) is 65.6 Å². The van der Waals surface area contributed by atoms with Gasteiger partial charge in [-0.25, -0.2) is 0 Å². The molecule has 0 spiro atoms. The number of carbonyl (C=O) groups excluding carboxylic acids is 2. The second kappa shape index (κ2) is 12.7. The van der Waals surface area contributed by atoms with E-state index in [1.165, 1.54) is 5.56 Å². The van der Waals surface area contributed by atoms with Crippen LogP contribution in [-0.4, -0.2) is 42.5 Å². The highest BCUT2D eigenvalue weighted by Gasteiger charge is 2.26. The average molecular weight is 441 g/mol. The summed E-state index contributed by atoms with van der Waals surface area (Å²) < 4.78 is 11.0. The lowest BCUT2D eigenvalue weighted by molar-refractivity contribution is -0.141. The van der Waals surface area contributed by atoms with Crippen LogP contribution in [0.15, 0.2) is 48.5 Å². The van der Waals surface area contributed by atoms with E-state index < -0.39 is 6.04 Å². The fourth-order valence-electron chi connectivity index (χ4n) is 3.21. The highest BCUT2D eigenvalue weighted by atomic mass is 16.5. The Kier molecular flexibility index (Phi) is 10.1. The molecule has 0 saturated heterocycles. The summed E-state index contributed by atoms with van der Waals surface area (Å²) in [5.74, 6) is 1.29. The molecule has 0 unspecified atom stereocenters. The van der Waals surface area contributed by atoms with Crippen LogP contribution in [0, 0.1) is 6.92 Å². The molecular formula is C26H36N2O4. The van der Waals surface area contributed by atoms with Gasteiger partial charge in [-0.3, -0.25) is 9.59 Å². The first-order chi connectivity index (χ1) is 15.3. The normalized spacial score (nSPS) is 12.5. The van der Waals surface area contributed by atoms with Crippen LogP contribution in [0.1, 0.15) is 51.2 Å². The zero-order valence-corrected chi connectivity index (χ0v) is 19.9. The summed E-state index contributed by atoms with van der Waals surface area (Å²) in [6, 6.07) is 14.9. The first kappa shape index (κ1) is 25.2. The number of rotatable bonds is 12. The first-order valence-electron chi connectivity index (χ1n) is 11.3. The van der Waals surface area contributed by atoms with Gasteiger partial charge < -0.3 is 19.7 Å². The molecule has 0 fully saturated rings. The molecule has 174 valence electrons. The van der Waals surface area contributed by atoms with Crippen molar-refractivity contribution < 1.29 is 19.1 Å².